The summed E-state index contributed by atoms with van der Waals surface area (Å²) >= 11 is 0. The molecule has 0 bridgehead atoms. The molecule has 0 unspecified atom stereocenters. The number of ether oxygens (including phenoxy) is 1. The Morgan fingerprint density at radius 1 is 1.38 bits per heavy atom. The molecule has 0 saturated carbocycles. The van der Waals surface area contributed by atoms with E-state index in [0.29, 0.717) is 6.04 Å². The van der Waals surface area contributed by atoms with Crippen LogP contribution in [0.2, 0.25) is 0 Å². The van der Waals surface area contributed by atoms with Gasteiger partial charge in [-0.05, 0) is 31.4 Å². The lowest BCUT2D eigenvalue weighted by molar-refractivity contribution is 0.238. The van der Waals surface area contributed by atoms with E-state index in [2.05, 4.69) is 41.1 Å². The second kappa shape index (κ2) is 6.31. The molecule has 0 fully saturated rings. The molecule has 3 rings (SSSR count). The minimum Gasteiger partial charge on any atom is -0.492 e. The number of benzene rings is 1. The van der Waals surface area contributed by atoms with Gasteiger partial charge in [0.25, 0.3) is 0 Å². The van der Waals surface area contributed by atoms with Crippen LogP contribution in [0.3, 0.4) is 0 Å². The lowest BCUT2D eigenvalue weighted by atomic mass is 10.0. The Balaban J connectivity index is 1.59. The molecule has 4 heteroatoms. The van der Waals surface area contributed by atoms with Gasteiger partial charge in [0, 0.05) is 30.4 Å². The van der Waals surface area contributed by atoms with Crippen LogP contribution >= 0.6 is 0 Å². The normalized spacial score (nSPS) is 17.3. The predicted octanol–water partition coefficient (Wildman–Crippen LogP) is 2.69. The number of hydrogen-bond donors (Lipinski definition) is 1. The zero-order valence-electron chi connectivity index (χ0n) is 12.8. The van der Waals surface area contributed by atoms with Crippen molar-refractivity contribution in [2.45, 2.75) is 45.8 Å². The molecular formula is C17H23N3O. The first-order chi connectivity index (χ1) is 10.3. The Kier molecular flexibility index (Phi) is 4.25. The van der Waals surface area contributed by atoms with Crippen LogP contribution in [-0.4, -0.2) is 22.4 Å². The highest BCUT2D eigenvalue weighted by atomic mass is 16.5. The van der Waals surface area contributed by atoms with Crippen molar-refractivity contribution in [3.63, 3.8) is 0 Å². The third-order valence-corrected chi connectivity index (χ3v) is 4.10. The van der Waals surface area contributed by atoms with Gasteiger partial charge in [0.2, 0.25) is 0 Å². The topological polar surface area (TPSA) is 39.1 Å². The summed E-state index contributed by atoms with van der Waals surface area (Å²) in [5.74, 6) is 1.03. The largest absolute Gasteiger partial charge is 0.492 e. The van der Waals surface area contributed by atoms with Gasteiger partial charge in [-0.3, -0.25) is 4.68 Å². The summed E-state index contributed by atoms with van der Waals surface area (Å²) in [4.78, 5) is 0. The van der Waals surface area contributed by atoms with Crippen molar-refractivity contribution in [1.82, 2.24) is 15.1 Å². The summed E-state index contributed by atoms with van der Waals surface area (Å²) in [6.45, 7) is 6.90. The summed E-state index contributed by atoms with van der Waals surface area (Å²) < 4.78 is 7.90. The molecule has 4 nitrogen and oxygen atoms in total. The first kappa shape index (κ1) is 14.1. The molecule has 112 valence electrons. The van der Waals surface area contributed by atoms with Crippen LogP contribution in [0.4, 0.5) is 0 Å². The van der Waals surface area contributed by atoms with Crippen molar-refractivity contribution < 1.29 is 4.74 Å². The highest BCUT2D eigenvalue weighted by Crippen LogP contribution is 2.24. The highest BCUT2D eigenvalue weighted by Gasteiger charge is 2.19. The van der Waals surface area contributed by atoms with Gasteiger partial charge in [-0.25, -0.2) is 0 Å². The minimum atomic E-state index is 0.369. The number of aryl methyl sites for hydroxylation is 1. The van der Waals surface area contributed by atoms with Crippen LogP contribution in [0, 0.1) is 6.92 Å². The maximum absolute atomic E-state index is 5.82. The molecular weight excluding hydrogens is 262 g/mol. The quantitative estimate of drug-likeness (QED) is 0.918. The second-order valence-corrected chi connectivity index (χ2v) is 5.68. The summed E-state index contributed by atoms with van der Waals surface area (Å²) in [6.07, 6.45) is 4.12. The third kappa shape index (κ3) is 3.10. The lowest BCUT2D eigenvalue weighted by Gasteiger charge is -2.26. The van der Waals surface area contributed by atoms with E-state index in [9.17, 15) is 0 Å². The number of nitrogens with one attached hydrogen (secondary N) is 1. The molecule has 1 atom stereocenters. The number of hydrogen-bond acceptors (Lipinski definition) is 3. The van der Waals surface area contributed by atoms with Crippen molar-refractivity contribution in [3.05, 3.63) is 47.3 Å². The number of nitrogens with zero attached hydrogens (tertiary/aromatic N) is 2. The maximum atomic E-state index is 5.82. The minimum absolute atomic E-state index is 0.369. The highest BCUT2D eigenvalue weighted by molar-refractivity contribution is 5.35. The van der Waals surface area contributed by atoms with Crippen molar-refractivity contribution in [3.8, 4) is 5.75 Å². The number of rotatable bonds is 5. The standard InChI is InChI=1S/C17H23N3O/c1-3-8-20-13(2)15(11-19-20)10-18-16-9-14-6-4-5-7-17(14)21-12-16/h4-7,11,16,18H,3,8-10,12H2,1-2H3/t16-/m1/s1. The average molecular weight is 285 g/mol. The van der Waals surface area contributed by atoms with E-state index in [-0.39, 0.29) is 0 Å². The second-order valence-electron chi connectivity index (χ2n) is 5.68. The predicted molar refractivity (Wildman–Crippen MR) is 83.5 cm³/mol. The number of aromatic nitrogens is 2. The Morgan fingerprint density at radius 3 is 3.10 bits per heavy atom. The summed E-state index contributed by atoms with van der Waals surface area (Å²) in [5.41, 5.74) is 3.84. The fourth-order valence-electron chi connectivity index (χ4n) is 2.81. The molecule has 0 spiro atoms. The summed E-state index contributed by atoms with van der Waals surface area (Å²) in [5, 5.41) is 8.05. The van der Waals surface area contributed by atoms with Crippen molar-refractivity contribution >= 4 is 0 Å². The molecule has 0 aliphatic carbocycles. The van der Waals surface area contributed by atoms with Crippen LogP contribution in [0.15, 0.2) is 30.5 Å². The van der Waals surface area contributed by atoms with Gasteiger partial charge >= 0.3 is 0 Å². The lowest BCUT2D eigenvalue weighted by Crippen LogP contribution is -2.38. The van der Waals surface area contributed by atoms with E-state index in [4.69, 9.17) is 4.74 Å². The molecule has 2 aromatic rings. The van der Waals surface area contributed by atoms with Crippen LogP contribution in [-0.2, 0) is 19.5 Å². The zero-order chi connectivity index (χ0) is 14.7. The van der Waals surface area contributed by atoms with E-state index in [1.807, 2.05) is 18.3 Å². The van der Waals surface area contributed by atoms with E-state index < -0.39 is 0 Å². The zero-order valence-corrected chi connectivity index (χ0v) is 12.8. The van der Waals surface area contributed by atoms with Gasteiger partial charge in [0.05, 0.1) is 6.20 Å². The summed E-state index contributed by atoms with van der Waals surface area (Å²) in [7, 11) is 0. The first-order valence-corrected chi connectivity index (χ1v) is 7.73. The average Bonchev–Trinajstić information content (AvgIpc) is 2.86. The van der Waals surface area contributed by atoms with E-state index in [1.165, 1.54) is 16.8 Å². The molecule has 2 heterocycles. The van der Waals surface area contributed by atoms with E-state index in [1.54, 1.807) is 0 Å². The molecule has 0 radical (unpaired) electrons. The van der Waals surface area contributed by atoms with Crippen LogP contribution in [0.1, 0.15) is 30.2 Å². The molecule has 1 N–H and O–H groups in total. The monoisotopic (exact) mass is 285 g/mol. The van der Waals surface area contributed by atoms with Crippen molar-refractivity contribution in [2.75, 3.05) is 6.61 Å². The third-order valence-electron chi connectivity index (χ3n) is 4.10. The Morgan fingerprint density at radius 2 is 2.24 bits per heavy atom. The fraction of sp³-hybridized carbons (Fsp3) is 0.471. The Bertz CT molecular complexity index is 606. The van der Waals surface area contributed by atoms with E-state index in [0.717, 1.165) is 38.3 Å². The molecule has 0 saturated heterocycles. The van der Waals surface area contributed by atoms with Gasteiger partial charge in [-0.2, -0.15) is 5.10 Å². The van der Waals surface area contributed by atoms with Gasteiger partial charge < -0.3 is 10.1 Å². The molecule has 1 aromatic carbocycles. The smallest absolute Gasteiger partial charge is 0.122 e. The maximum Gasteiger partial charge on any atom is 0.122 e. The van der Waals surface area contributed by atoms with E-state index >= 15 is 0 Å². The summed E-state index contributed by atoms with van der Waals surface area (Å²) in [6, 6.07) is 8.66. The van der Waals surface area contributed by atoms with Gasteiger partial charge in [-0.15, -0.1) is 0 Å². The van der Waals surface area contributed by atoms with Crippen LogP contribution < -0.4 is 10.1 Å². The molecule has 1 aliphatic heterocycles. The van der Waals surface area contributed by atoms with Gasteiger partial charge in [-0.1, -0.05) is 25.1 Å². The molecule has 1 aliphatic rings. The van der Waals surface area contributed by atoms with Crippen LogP contribution in [0.25, 0.3) is 0 Å². The molecule has 0 amide bonds. The Hall–Kier alpha value is -1.81. The van der Waals surface area contributed by atoms with Crippen molar-refractivity contribution in [2.24, 2.45) is 0 Å². The molecule has 21 heavy (non-hydrogen) atoms. The van der Waals surface area contributed by atoms with Gasteiger partial charge in [0.15, 0.2) is 0 Å². The number of fused-ring (bicyclic) bond motifs is 1. The van der Waals surface area contributed by atoms with Crippen molar-refractivity contribution in [1.29, 1.82) is 0 Å². The molecule has 1 aromatic heterocycles. The van der Waals surface area contributed by atoms with Gasteiger partial charge in [0.1, 0.15) is 12.4 Å². The fourth-order valence-corrected chi connectivity index (χ4v) is 2.81. The Labute approximate surface area is 126 Å². The number of para-hydroxylation sites is 1. The SMILES string of the molecule is CCCn1ncc(CN[C@H]2COc3ccccc3C2)c1C. The van der Waals surface area contributed by atoms with Crippen LogP contribution in [0.5, 0.6) is 5.75 Å². The first-order valence-electron chi connectivity index (χ1n) is 7.73.